The molecule has 0 heterocycles. The smallest absolute Gasteiger partial charge is 0.130 e. The average Bonchev–Trinajstić information content (AvgIpc) is 2.92. The molecule has 4 rings (SSSR count). The van der Waals surface area contributed by atoms with Crippen LogP contribution in [0.2, 0.25) is 0 Å². The number of rotatable bonds is 9. The highest BCUT2D eigenvalue weighted by Crippen LogP contribution is 2.50. The molecular formula is C31H33O4P. The van der Waals surface area contributed by atoms with Crippen LogP contribution in [0.25, 0.3) is 22.3 Å². The first-order chi connectivity index (χ1) is 17.5. The first-order valence-electron chi connectivity index (χ1n) is 12.0. The molecule has 0 bridgehead atoms. The van der Waals surface area contributed by atoms with Crippen LogP contribution in [0.1, 0.15) is 13.8 Å². The fourth-order valence-corrected chi connectivity index (χ4v) is 7.47. The van der Waals surface area contributed by atoms with Crippen molar-refractivity contribution in [2.24, 2.45) is 0 Å². The van der Waals surface area contributed by atoms with Gasteiger partial charge in [-0.05, 0) is 59.6 Å². The van der Waals surface area contributed by atoms with Gasteiger partial charge in [-0.15, -0.1) is 0 Å². The maximum atomic E-state index is 5.86. The number of ether oxygens (including phenoxy) is 4. The van der Waals surface area contributed by atoms with Gasteiger partial charge in [0.1, 0.15) is 23.0 Å². The van der Waals surface area contributed by atoms with Gasteiger partial charge in [-0.1, -0.05) is 74.5 Å². The van der Waals surface area contributed by atoms with Gasteiger partial charge in [-0.25, -0.2) is 0 Å². The van der Waals surface area contributed by atoms with Gasteiger partial charge in [0.2, 0.25) is 0 Å². The van der Waals surface area contributed by atoms with Crippen LogP contribution in [0, 0.1) is 0 Å². The standard InChI is InChI=1S/C31H33O4P/c1-21(2)36(22-13-8-7-9-14-22)31-23(29-25(32-3)17-11-18-26(29)33-4)15-10-16-24(31)30-27(34-5)19-12-20-28(30)35-6/h7-21H,1-6H3. The zero-order valence-electron chi connectivity index (χ0n) is 21.7. The Bertz CT molecular complexity index is 1200. The van der Waals surface area contributed by atoms with E-state index in [-0.39, 0.29) is 0 Å². The summed E-state index contributed by atoms with van der Waals surface area (Å²) in [6, 6.07) is 29.0. The Labute approximate surface area is 215 Å². The SMILES string of the molecule is COc1cccc(OC)c1-c1cccc(-c2c(OC)cccc2OC)c1P(c1ccccc1)C(C)C. The largest absolute Gasteiger partial charge is 0.496 e. The van der Waals surface area contributed by atoms with Crippen molar-refractivity contribution in [2.75, 3.05) is 28.4 Å². The molecule has 0 radical (unpaired) electrons. The van der Waals surface area contributed by atoms with Crippen molar-refractivity contribution in [3.63, 3.8) is 0 Å². The third-order valence-corrected chi connectivity index (χ3v) is 9.07. The molecular weight excluding hydrogens is 467 g/mol. The topological polar surface area (TPSA) is 36.9 Å². The summed E-state index contributed by atoms with van der Waals surface area (Å²) >= 11 is 0. The Morgan fingerprint density at radius 1 is 0.500 bits per heavy atom. The van der Waals surface area contributed by atoms with Crippen LogP contribution in [0.15, 0.2) is 84.9 Å². The van der Waals surface area contributed by atoms with Gasteiger partial charge in [0.15, 0.2) is 0 Å². The molecule has 0 aromatic heterocycles. The molecule has 36 heavy (non-hydrogen) atoms. The summed E-state index contributed by atoms with van der Waals surface area (Å²) in [7, 11) is 6.02. The van der Waals surface area contributed by atoms with Gasteiger partial charge in [0.25, 0.3) is 0 Å². The molecule has 1 atom stereocenters. The minimum atomic E-state index is -0.790. The Kier molecular flexibility index (Phi) is 8.18. The van der Waals surface area contributed by atoms with Gasteiger partial charge in [0, 0.05) is 0 Å². The van der Waals surface area contributed by atoms with Crippen molar-refractivity contribution in [2.45, 2.75) is 19.5 Å². The molecule has 1 unspecified atom stereocenters. The lowest BCUT2D eigenvalue weighted by Gasteiger charge is -2.29. The summed E-state index contributed by atoms with van der Waals surface area (Å²) < 4.78 is 23.4. The van der Waals surface area contributed by atoms with Crippen LogP contribution >= 0.6 is 7.92 Å². The van der Waals surface area contributed by atoms with Gasteiger partial charge < -0.3 is 18.9 Å². The number of benzene rings is 4. The summed E-state index contributed by atoms with van der Waals surface area (Å²) in [6.45, 7) is 4.58. The maximum Gasteiger partial charge on any atom is 0.130 e. The molecule has 0 spiro atoms. The van der Waals surface area contributed by atoms with Crippen LogP contribution in [-0.4, -0.2) is 34.1 Å². The molecule has 0 saturated heterocycles. The zero-order chi connectivity index (χ0) is 25.7. The molecule has 0 fully saturated rings. The summed E-state index contributed by atoms with van der Waals surface area (Å²) in [5.41, 5.74) is 4.41. The molecule has 0 aliphatic rings. The summed E-state index contributed by atoms with van der Waals surface area (Å²) in [5, 5.41) is 2.54. The molecule has 186 valence electrons. The van der Waals surface area contributed by atoms with Crippen molar-refractivity contribution in [3.8, 4) is 45.3 Å². The molecule has 0 saturated carbocycles. The summed E-state index contributed by atoms with van der Waals surface area (Å²) in [4.78, 5) is 0. The van der Waals surface area contributed by atoms with E-state index in [4.69, 9.17) is 18.9 Å². The van der Waals surface area contributed by atoms with Crippen LogP contribution in [0.5, 0.6) is 23.0 Å². The molecule has 0 aliphatic heterocycles. The van der Waals surface area contributed by atoms with E-state index in [1.165, 1.54) is 10.6 Å². The second-order valence-electron chi connectivity index (χ2n) is 8.58. The lowest BCUT2D eigenvalue weighted by Crippen LogP contribution is -2.22. The second kappa shape index (κ2) is 11.5. The number of methoxy groups -OCH3 is 4. The van der Waals surface area contributed by atoms with E-state index in [9.17, 15) is 0 Å². The maximum absolute atomic E-state index is 5.86. The van der Waals surface area contributed by atoms with Crippen molar-refractivity contribution < 1.29 is 18.9 Å². The van der Waals surface area contributed by atoms with Crippen LogP contribution in [-0.2, 0) is 0 Å². The van der Waals surface area contributed by atoms with Crippen LogP contribution in [0.3, 0.4) is 0 Å². The average molecular weight is 501 g/mol. The molecule has 4 nitrogen and oxygen atoms in total. The van der Waals surface area contributed by atoms with E-state index >= 15 is 0 Å². The van der Waals surface area contributed by atoms with Gasteiger partial charge >= 0.3 is 0 Å². The van der Waals surface area contributed by atoms with Crippen molar-refractivity contribution in [1.29, 1.82) is 0 Å². The van der Waals surface area contributed by atoms with E-state index in [0.717, 1.165) is 45.3 Å². The molecule has 4 aromatic carbocycles. The quantitative estimate of drug-likeness (QED) is 0.234. The Morgan fingerprint density at radius 2 is 0.889 bits per heavy atom. The monoisotopic (exact) mass is 500 g/mol. The molecule has 0 N–H and O–H groups in total. The zero-order valence-corrected chi connectivity index (χ0v) is 22.6. The minimum absolute atomic E-state index is 0.365. The second-order valence-corrected chi connectivity index (χ2v) is 11.3. The minimum Gasteiger partial charge on any atom is -0.496 e. The van der Waals surface area contributed by atoms with E-state index in [0.29, 0.717) is 5.66 Å². The van der Waals surface area contributed by atoms with Crippen molar-refractivity contribution in [1.82, 2.24) is 0 Å². The van der Waals surface area contributed by atoms with Crippen LogP contribution < -0.4 is 29.6 Å². The van der Waals surface area contributed by atoms with E-state index in [1.54, 1.807) is 28.4 Å². The van der Waals surface area contributed by atoms with Gasteiger partial charge in [0.05, 0.1) is 39.6 Å². The van der Waals surface area contributed by atoms with E-state index < -0.39 is 7.92 Å². The number of hydrogen-bond donors (Lipinski definition) is 0. The summed E-state index contributed by atoms with van der Waals surface area (Å²) in [5.74, 6) is 3.08. The normalized spacial score (nSPS) is 11.8. The lowest BCUT2D eigenvalue weighted by molar-refractivity contribution is 0.397. The lowest BCUT2D eigenvalue weighted by atomic mass is 9.96. The number of hydrogen-bond acceptors (Lipinski definition) is 4. The molecule has 0 aliphatic carbocycles. The first-order valence-corrected chi connectivity index (χ1v) is 13.4. The highest BCUT2D eigenvalue weighted by Gasteiger charge is 2.29. The van der Waals surface area contributed by atoms with Gasteiger partial charge in [-0.3, -0.25) is 0 Å². The highest BCUT2D eigenvalue weighted by molar-refractivity contribution is 7.74. The predicted octanol–water partition coefficient (Wildman–Crippen LogP) is 6.90. The Hall–Kier alpha value is -3.49. The fourth-order valence-electron chi connectivity index (χ4n) is 4.71. The molecule has 5 heteroatoms. The highest BCUT2D eigenvalue weighted by atomic mass is 31.1. The summed E-state index contributed by atoms with van der Waals surface area (Å²) in [6.07, 6.45) is 0. The third kappa shape index (κ3) is 4.79. The van der Waals surface area contributed by atoms with E-state index in [2.05, 4.69) is 62.4 Å². The van der Waals surface area contributed by atoms with Crippen LogP contribution in [0.4, 0.5) is 0 Å². The molecule has 4 aromatic rings. The fraction of sp³-hybridized carbons (Fsp3) is 0.226. The third-order valence-electron chi connectivity index (χ3n) is 6.22. The molecule has 0 amide bonds. The first kappa shape index (κ1) is 25.6. The predicted molar refractivity (Wildman–Crippen MR) is 151 cm³/mol. The van der Waals surface area contributed by atoms with Crippen molar-refractivity contribution in [3.05, 3.63) is 84.9 Å². The Morgan fingerprint density at radius 3 is 1.25 bits per heavy atom. The Balaban J connectivity index is 2.18. The van der Waals surface area contributed by atoms with E-state index in [1.807, 2.05) is 36.4 Å². The van der Waals surface area contributed by atoms with Gasteiger partial charge in [-0.2, -0.15) is 0 Å². The van der Waals surface area contributed by atoms with Crippen molar-refractivity contribution >= 4 is 18.5 Å².